The van der Waals surface area contributed by atoms with Gasteiger partial charge in [-0.2, -0.15) is 0 Å². The summed E-state index contributed by atoms with van der Waals surface area (Å²) >= 11 is 0. The quantitative estimate of drug-likeness (QED) is 0.436. The molecule has 0 saturated carbocycles. The van der Waals surface area contributed by atoms with Crippen LogP contribution in [0.25, 0.3) is 0 Å². The molecule has 0 unspecified atom stereocenters. The van der Waals surface area contributed by atoms with Gasteiger partial charge in [-0.3, -0.25) is 4.99 Å². The maximum atomic E-state index is 6.04. The normalized spacial score (nSPS) is 16.4. The summed E-state index contributed by atoms with van der Waals surface area (Å²) in [6.45, 7) is 21.1. The van der Waals surface area contributed by atoms with Gasteiger partial charge >= 0.3 is 0 Å². The summed E-state index contributed by atoms with van der Waals surface area (Å²) < 4.78 is 0. The number of guanidine groups is 1. The SMILES string of the molecule is CC[C@H](C)[C@@H](CCNC(=NCC(C)(C)C)N=C(N)C(C)C)NC(C)C. The standard InChI is InChI=1S/C20H43N5/c1-10-16(6)17(24-15(4)5)11-12-22-19(23-13-20(7,8)9)25-18(21)14(2)3/h14-17,24H,10-13H2,1-9H3,(H3,21,22,23,25)/t16-,17+/m0/s1. The molecule has 148 valence electrons. The highest BCUT2D eigenvalue weighted by atomic mass is 15.1. The van der Waals surface area contributed by atoms with Gasteiger partial charge < -0.3 is 16.4 Å². The van der Waals surface area contributed by atoms with Crippen molar-refractivity contribution in [1.29, 1.82) is 0 Å². The minimum atomic E-state index is 0.132. The predicted molar refractivity (Wildman–Crippen MR) is 112 cm³/mol. The van der Waals surface area contributed by atoms with Gasteiger partial charge in [-0.05, 0) is 17.8 Å². The second kappa shape index (κ2) is 11.5. The molecule has 0 saturated heterocycles. The van der Waals surface area contributed by atoms with E-state index in [0.29, 0.717) is 29.8 Å². The van der Waals surface area contributed by atoms with Crippen molar-refractivity contribution >= 4 is 11.8 Å². The highest BCUT2D eigenvalue weighted by Crippen LogP contribution is 2.13. The van der Waals surface area contributed by atoms with Crippen LogP contribution in [-0.4, -0.2) is 37.0 Å². The Morgan fingerprint density at radius 2 is 1.68 bits per heavy atom. The fourth-order valence-electron chi connectivity index (χ4n) is 2.28. The Kier molecular flexibility index (Phi) is 11.0. The van der Waals surface area contributed by atoms with Gasteiger partial charge in [0.2, 0.25) is 5.96 Å². The molecule has 0 aromatic carbocycles. The lowest BCUT2D eigenvalue weighted by atomic mass is 9.95. The van der Waals surface area contributed by atoms with Crippen molar-refractivity contribution in [3.05, 3.63) is 0 Å². The van der Waals surface area contributed by atoms with Crippen molar-refractivity contribution in [2.45, 2.75) is 87.2 Å². The molecule has 0 radical (unpaired) electrons. The summed E-state index contributed by atoms with van der Waals surface area (Å²) in [7, 11) is 0. The molecule has 0 aliphatic carbocycles. The lowest BCUT2D eigenvalue weighted by molar-refractivity contribution is 0.327. The van der Waals surface area contributed by atoms with Crippen LogP contribution >= 0.6 is 0 Å². The van der Waals surface area contributed by atoms with Crippen LogP contribution in [-0.2, 0) is 0 Å². The molecule has 5 nitrogen and oxygen atoms in total. The Morgan fingerprint density at radius 3 is 2.12 bits per heavy atom. The monoisotopic (exact) mass is 353 g/mol. The van der Waals surface area contributed by atoms with Crippen LogP contribution in [0.5, 0.6) is 0 Å². The Labute approximate surface area is 156 Å². The predicted octanol–water partition coefficient (Wildman–Crippen LogP) is 3.79. The maximum Gasteiger partial charge on any atom is 0.219 e. The summed E-state index contributed by atoms with van der Waals surface area (Å²) in [4.78, 5) is 9.17. The summed E-state index contributed by atoms with van der Waals surface area (Å²) in [5.41, 5.74) is 6.17. The first kappa shape index (κ1) is 23.9. The van der Waals surface area contributed by atoms with Crippen LogP contribution in [0.3, 0.4) is 0 Å². The second-order valence-electron chi connectivity index (χ2n) is 8.92. The molecule has 0 aliphatic heterocycles. The topological polar surface area (TPSA) is 74.8 Å². The molecular formula is C20H43N5. The summed E-state index contributed by atoms with van der Waals surface area (Å²) in [5.74, 6) is 2.15. The molecule has 5 heteroatoms. The largest absolute Gasteiger partial charge is 0.387 e. The van der Waals surface area contributed by atoms with Crippen LogP contribution in [0.15, 0.2) is 9.98 Å². The van der Waals surface area contributed by atoms with Crippen molar-refractivity contribution in [3.63, 3.8) is 0 Å². The summed E-state index contributed by atoms with van der Waals surface area (Å²) in [6.07, 6.45) is 2.21. The van der Waals surface area contributed by atoms with E-state index in [9.17, 15) is 0 Å². The molecule has 0 heterocycles. The smallest absolute Gasteiger partial charge is 0.219 e. The number of rotatable bonds is 9. The lowest BCUT2D eigenvalue weighted by Crippen LogP contribution is -2.42. The number of nitrogens with two attached hydrogens (primary N) is 1. The Morgan fingerprint density at radius 1 is 1.08 bits per heavy atom. The van der Waals surface area contributed by atoms with Gasteiger partial charge in [0.15, 0.2) is 0 Å². The van der Waals surface area contributed by atoms with Crippen molar-refractivity contribution in [3.8, 4) is 0 Å². The van der Waals surface area contributed by atoms with Crippen molar-refractivity contribution in [1.82, 2.24) is 10.6 Å². The Bertz CT molecular complexity index is 418. The molecule has 0 rings (SSSR count). The van der Waals surface area contributed by atoms with E-state index in [1.807, 2.05) is 13.8 Å². The minimum Gasteiger partial charge on any atom is -0.387 e. The zero-order valence-electron chi connectivity index (χ0n) is 18.1. The Hall–Kier alpha value is -1.10. The molecule has 25 heavy (non-hydrogen) atoms. The van der Waals surface area contributed by atoms with Gasteiger partial charge in [0.05, 0.1) is 0 Å². The van der Waals surface area contributed by atoms with E-state index in [-0.39, 0.29) is 11.3 Å². The van der Waals surface area contributed by atoms with Crippen molar-refractivity contribution < 1.29 is 0 Å². The van der Waals surface area contributed by atoms with E-state index < -0.39 is 0 Å². The lowest BCUT2D eigenvalue weighted by Gasteiger charge is -2.27. The maximum absolute atomic E-state index is 6.04. The second-order valence-corrected chi connectivity index (χ2v) is 8.92. The highest BCUT2D eigenvalue weighted by molar-refractivity contribution is 5.96. The Balaban J connectivity index is 4.92. The first-order chi connectivity index (χ1) is 11.5. The minimum absolute atomic E-state index is 0.132. The van der Waals surface area contributed by atoms with Crippen LogP contribution in [0.2, 0.25) is 0 Å². The third kappa shape index (κ3) is 12.0. The van der Waals surface area contributed by atoms with Gasteiger partial charge in [-0.1, -0.05) is 68.7 Å². The molecule has 2 atom stereocenters. The average Bonchev–Trinajstić information content (AvgIpc) is 2.49. The zero-order valence-corrected chi connectivity index (χ0v) is 18.1. The number of nitrogens with zero attached hydrogens (tertiary/aromatic N) is 2. The van der Waals surface area contributed by atoms with Gasteiger partial charge in [-0.25, -0.2) is 4.99 Å². The molecule has 0 aromatic rings. The number of amidine groups is 1. The first-order valence-electron chi connectivity index (χ1n) is 9.84. The molecular weight excluding hydrogens is 310 g/mol. The van der Waals surface area contributed by atoms with E-state index in [0.717, 1.165) is 19.5 Å². The highest BCUT2D eigenvalue weighted by Gasteiger charge is 2.17. The fourth-order valence-corrected chi connectivity index (χ4v) is 2.28. The number of nitrogens with one attached hydrogen (secondary N) is 2. The molecule has 0 amide bonds. The molecule has 0 fully saturated rings. The van der Waals surface area contributed by atoms with Crippen LogP contribution in [0, 0.1) is 17.3 Å². The molecule has 0 aromatic heterocycles. The van der Waals surface area contributed by atoms with E-state index in [2.05, 4.69) is 69.1 Å². The molecule has 0 bridgehead atoms. The third-order valence-corrected chi connectivity index (χ3v) is 4.15. The van der Waals surface area contributed by atoms with E-state index in [1.165, 1.54) is 6.42 Å². The van der Waals surface area contributed by atoms with E-state index in [4.69, 9.17) is 5.73 Å². The average molecular weight is 354 g/mol. The van der Waals surface area contributed by atoms with Gasteiger partial charge in [0.25, 0.3) is 0 Å². The zero-order chi connectivity index (χ0) is 19.6. The molecule has 0 spiro atoms. The molecule has 0 aliphatic rings. The van der Waals surface area contributed by atoms with Crippen LogP contribution in [0.4, 0.5) is 0 Å². The van der Waals surface area contributed by atoms with Crippen molar-refractivity contribution in [2.24, 2.45) is 33.0 Å². The van der Waals surface area contributed by atoms with Gasteiger partial charge in [-0.15, -0.1) is 0 Å². The van der Waals surface area contributed by atoms with Gasteiger partial charge in [0, 0.05) is 31.1 Å². The van der Waals surface area contributed by atoms with Crippen LogP contribution < -0.4 is 16.4 Å². The van der Waals surface area contributed by atoms with E-state index in [1.54, 1.807) is 0 Å². The third-order valence-electron chi connectivity index (χ3n) is 4.15. The summed E-state index contributed by atoms with van der Waals surface area (Å²) in [6, 6.07) is 0.982. The van der Waals surface area contributed by atoms with Gasteiger partial charge in [0.1, 0.15) is 5.84 Å². The molecule has 4 N–H and O–H groups in total. The fraction of sp³-hybridized carbons (Fsp3) is 0.900. The van der Waals surface area contributed by atoms with E-state index >= 15 is 0 Å². The van der Waals surface area contributed by atoms with Crippen molar-refractivity contribution in [2.75, 3.05) is 13.1 Å². The first-order valence-corrected chi connectivity index (χ1v) is 9.84. The summed E-state index contributed by atoms with van der Waals surface area (Å²) in [5, 5.41) is 7.08. The number of hydrogen-bond donors (Lipinski definition) is 3. The van der Waals surface area contributed by atoms with Crippen LogP contribution in [0.1, 0.15) is 75.2 Å². The number of aliphatic imine (C=N–C) groups is 2. The number of hydrogen-bond acceptors (Lipinski definition) is 2.